The van der Waals surface area contributed by atoms with Crippen LogP contribution in [0.4, 0.5) is 0 Å². The zero-order valence-corrected chi connectivity index (χ0v) is 18.5. The van der Waals surface area contributed by atoms with Gasteiger partial charge in [-0.2, -0.15) is 0 Å². The Hall–Kier alpha value is -4.38. The maximum absolute atomic E-state index is 10.6. The summed E-state index contributed by atoms with van der Waals surface area (Å²) in [4.78, 5) is 63.5. The van der Waals surface area contributed by atoms with Crippen molar-refractivity contribution in [3.8, 4) is 0 Å². The molecule has 195 valence electrons. The van der Waals surface area contributed by atoms with Crippen molar-refractivity contribution in [1.29, 1.82) is 0 Å². The average Bonchev–Trinajstić information content (AvgIpc) is 2.67. The molecule has 0 aliphatic heterocycles. The molecule has 0 unspecified atom stereocenters. The second kappa shape index (κ2) is 17.1. The molecule has 16 nitrogen and oxygen atoms in total. The molecule has 0 atom stereocenters. The van der Waals surface area contributed by atoms with Crippen molar-refractivity contribution in [2.45, 2.75) is 0 Å². The molecule has 0 aromatic heterocycles. The van der Waals surface area contributed by atoms with Crippen LogP contribution in [0.5, 0.6) is 0 Å². The number of hydrogen-bond donors (Lipinski definition) is 6. The molecular formula is C18H24MnO16+4. The third kappa shape index (κ3) is 10.9. The SMILES string of the molecule is O=C(O)c1ccc(C(=O)O)c(C(=O)O)c1.O=C(O)c1ccc(C(=O)O)c(C(=O)O)c1.[Mn].[OH3+].[OH3+].[OH3+].[OH3+]. The number of benzene rings is 2. The monoisotopic (exact) mass is 551 g/mol. The van der Waals surface area contributed by atoms with Crippen molar-refractivity contribution in [2.75, 3.05) is 0 Å². The molecule has 0 saturated carbocycles. The first-order chi connectivity index (χ1) is 13.9. The van der Waals surface area contributed by atoms with Crippen LogP contribution in [0.25, 0.3) is 0 Å². The van der Waals surface area contributed by atoms with Crippen molar-refractivity contribution in [3.05, 3.63) is 69.8 Å². The molecular weight excluding hydrogens is 527 g/mol. The fraction of sp³-hybridized carbons (Fsp3) is 0. The van der Waals surface area contributed by atoms with E-state index in [0.717, 1.165) is 36.4 Å². The van der Waals surface area contributed by atoms with E-state index in [1.54, 1.807) is 0 Å². The van der Waals surface area contributed by atoms with Crippen LogP contribution in [0.1, 0.15) is 62.1 Å². The molecule has 0 saturated heterocycles. The molecule has 0 heterocycles. The Morgan fingerprint density at radius 1 is 0.400 bits per heavy atom. The van der Waals surface area contributed by atoms with E-state index in [-0.39, 0.29) is 50.1 Å². The van der Waals surface area contributed by atoms with E-state index in [1.165, 1.54) is 0 Å². The minimum absolute atomic E-state index is 0. The van der Waals surface area contributed by atoms with Gasteiger partial charge in [-0.1, -0.05) is 0 Å². The summed E-state index contributed by atoms with van der Waals surface area (Å²) in [5, 5.41) is 51.8. The maximum Gasteiger partial charge on any atom is 0.336 e. The molecule has 2 aromatic rings. The Labute approximate surface area is 204 Å². The summed E-state index contributed by atoms with van der Waals surface area (Å²) in [6.45, 7) is 0. The summed E-state index contributed by atoms with van der Waals surface area (Å²) in [5.41, 5.74) is -2.49. The van der Waals surface area contributed by atoms with Crippen molar-refractivity contribution >= 4 is 35.8 Å². The third-order valence-electron chi connectivity index (χ3n) is 3.45. The molecule has 0 spiro atoms. The standard InChI is InChI=1S/2C9H6O6.Mn.4H2O/c2*10-7(11)4-1-2-5(8(12)13)6(3-4)9(14)15;;;;;/h2*1-3H,(H,10,11)(H,12,13)(H,14,15);;4*1H2/p+4. The molecule has 0 fully saturated rings. The van der Waals surface area contributed by atoms with E-state index in [1.807, 2.05) is 0 Å². The van der Waals surface area contributed by atoms with Gasteiger partial charge in [-0.15, -0.1) is 0 Å². The molecule has 17 heteroatoms. The summed E-state index contributed by atoms with van der Waals surface area (Å²) >= 11 is 0. The predicted molar refractivity (Wildman–Crippen MR) is 114 cm³/mol. The van der Waals surface area contributed by atoms with Crippen LogP contribution >= 0.6 is 0 Å². The largest absolute Gasteiger partial charge is 0.478 e. The summed E-state index contributed by atoms with van der Waals surface area (Å²) in [6, 6.07) is 5.61. The average molecular weight is 551 g/mol. The van der Waals surface area contributed by atoms with Crippen molar-refractivity contribution in [3.63, 3.8) is 0 Å². The Morgan fingerprint density at radius 2 is 0.629 bits per heavy atom. The van der Waals surface area contributed by atoms with Crippen molar-refractivity contribution in [1.82, 2.24) is 0 Å². The number of carboxylic acid groups (broad SMARTS) is 6. The van der Waals surface area contributed by atoms with Gasteiger partial charge in [0.1, 0.15) is 0 Å². The van der Waals surface area contributed by atoms with Gasteiger partial charge in [0.25, 0.3) is 0 Å². The summed E-state index contributed by atoms with van der Waals surface area (Å²) < 4.78 is 0. The number of carboxylic acids is 6. The van der Waals surface area contributed by atoms with Gasteiger partial charge in [0, 0.05) is 17.1 Å². The van der Waals surface area contributed by atoms with E-state index in [9.17, 15) is 28.8 Å². The Bertz CT molecular complexity index is 993. The van der Waals surface area contributed by atoms with Gasteiger partial charge in [-0.05, 0) is 36.4 Å². The Balaban J connectivity index is -0.000000150. The molecule has 2 rings (SSSR count). The van der Waals surface area contributed by atoms with Gasteiger partial charge in [0.15, 0.2) is 0 Å². The summed E-state index contributed by atoms with van der Waals surface area (Å²) in [5.74, 6) is -8.40. The van der Waals surface area contributed by atoms with Crippen LogP contribution in [-0.4, -0.2) is 66.5 Å². The van der Waals surface area contributed by atoms with Gasteiger partial charge in [-0.3, -0.25) is 0 Å². The minimum atomic E-state index is -1.48. The maximum atomic E-state index is 10.6. The first kappa shape index (κ1) is 40.9. The van der Waals surface area contributed by atoms with Gasteiger partial charge in [0.05, 0.1) is 33.4 Å². The molecule has 35 heavy (non-hydrogen) atoms. The molecule has 0 bridgehead atoms. The Kier molecular flexibility index (Phi) is 20.0. The minimum Gasteiger partial charge on any atom is -0.478 e. The van der Waals surface area contributed by atoms with Crippen LogP contribution in [0.3, 0.4) is 0 Å². The Morgan fingerprint density at radius 3 is 0.800 bits per heavy atom. The van der Waals surface area contributed by atoms with E-state index >= 15 is 0 Å². The first-order valence-corrected chi connectivity index (χ1v) is 7.54. The number of aromatic carboxylic acids is 6. The van der Waals surface area contributed by atoms with Crippen LogP contribution in [0.2, 0.25) is 0 Å². The van der Waals surface area contributed by atoms with E-state index in [4.69, 9.17) is 30.6 Å². The van der Waals surface area contributed by atoms with E-state index in [2.05, 4.69) is 0 Å². The van der Waals surface area contributed by atoms with Crippen LogP contribution in [0, 0.1) is 0 Å². The zero-order chi connectivity index (χ0) is 23.2. The van der Waals surface area contributed by atoms with Gasteiger partial charge in [-0.25, -0.2) is 28.8 Å². The topological polar surface area (TPSA) is 356 Å². The first-order valence-electron chi connectivity index (χ1n) is 7.54. The number of rotatable bonds is 6. The van der Waals surface area contributed by atoms with Gasteiger partial charge < -0.3 is 52.5 Å². The summed E-state index contributed by atoms with van der Waals surface area (Å²) in [6.07, 6.45) is 0. The van der Waals surface area contributed by atoms with Crippen LogP contribution < -0.4 is 0 Å². The zero-order valence-electron chi connectivity index (χ0n) is 17.3. The van der Waals surface area contributed by atoms with Crippen molar-refractivity contribution < 1.29 is 98.4 Å². The fourth-order valence-corrected chi connectivity index (χ4v) is 2.08. The van der Waals surface area contributed by atoms with E-state index < -0.39 is 58.1 Å². The number of carbonyl (C=O) groups is 6. The second-order valence-electron chi connectivity index (χ2n) is 5.35. The smallest absolute Gasteiger partial charge is 0.336 e. The molecule has 1 radical (unpaired) electrons. The second-order valence-corrected chi connectivity index (χ2v) is 5.35. The van der Waals surface area contributed by atoms with Gasteiger partial charge >= 0.3 is 35.8 Å². The van der Waals surface area contributed by atoms with E-state index in [0.29, 0.717) is 0 Å². The van der Waals surface area contributed by atoms with Gasteiger partial charge in [0.2, 0.25) is 0 Å². The quantitative estimate of drug-likeness (QED) is 0.166. The molecule has 2 aromatic carbocycles. The normalized spacial score (nSPS) is 8.23. The fourth-order valence-electron chi connectivity index (χ4n) is 2.08. The van der Waals surface area contributed by atoms with Crippen molar-refractivity contribution in [2.24, 2.45) is 0 Å². The van der Waals surface area contributed by atoms with Crippen LogP contribution in [-0.2, 0) is 39.0 Å². The molecule has 0 aliphatic carbocycles. The molecule has 0 aliphatic rings. The predicted octanol–water partition coefficient (Wildman–Crippen LogP) is -2.13. The molecule has 18 N–H and O–H groups in total. The number of hydrogen-bond acceptors (Lipinski definition) is 6. The summed E-state index contributed by atoms with van der Waals surface area (Å²) in [7, 11) is 0. The molecule has 0 amide bonds. The van der Waals surface area contributed by atoms with Crippen LogP contribution in [0.15, 0.2) is 36.4 Å². The third-order valence-corrected chi connectivity index (χ3v) is 3.45.